The zero-order valence-electron chi connectivity index (χ0n) is 16.1. The Morgan fingerprint density at radius 2 is 1.23 bits per heavy atom. The summed E-state index contributed by atoms with van der Waals surface area (Å²) in [6.45, 7) is 1.85. The first kappa shape index (κ1) is 22.3. The van der Waals surface area contributed by atoms with Crippen molar-refractivity contribution in [3.8, 4) is 0 Å². The van der Waals surface area contributed by atoms with Crippen LogP contribution in [0.1, 0.15) is 70.7 Å². The van der Waals surface area contributed by atoms with Gasteiger partial charge in [-0.1, -0.05) is 19.1 Å². The van der Waals surface area contributed by atoms with E-state index < -0.39 is 29.7 Å². The van der Waals surface area contributed by atoms with E-state index in [-0.39, 0.29) is 40.0 Å². The Hall–Kier alpha value is -4.01. The predicted octanol–water partition coefficient (Wildman–Crippen LogP) is 2.67. The molecule has 156 valence electrons. The van der Waals surface area contributed by atoms with Crippen molar-refractivity contribution in [2.45, 2.75) is 13.3 Å². The van der Waals surface area contributed by atoms with E-state index in [0.29, 0.717) is 6.42 Å². The van der Waals surface area contributed by atoms with Gasteiger partial charge < -0.3 is 19.7 Å². The minimum atomic E-state index is -1.37. The van der Waals surface area contributed by atoms with Crippen molar-refractivity contribution < 1.29 is 43.7 Å². The van der Waals surface area contributed by atoms with Crippen molar-refractivity contribution in [3.63, 3.8) is 0 Å². The summed E-state index contributed by atoms with van der Waals surface area (Å²) < 4.78 is 9.53. The molecule has 0 radical (unpaired) electrons. The lowest BCUT2D eigenvalue weighted by Gasteiger charge is -2.10. The minimum absolute atomic E-state index is 0.0395. The van der Waals surface area contributed by atoms with Crippen LogP contribution in [-0.2, 0) is 9.47 Å². The van der Waals surface area contributed by atoms with E-state index in [2.05, 4.69) is 4.74 Å². The molecule has 0 spiro atoms. The van der Waals surface area contributed by atoms with Gasteiger partial charge in [0.15, 0.2) is 5.78 Å². The van der Waals surface area contributed by atoms with Crippen LogP contribution in [-0.4, -0.2) is 53.6 Å². The van der Waals surface area contributed by atoms with Crippen LogP contribution in [0, 0.1) is 0 Å². The molecule has 2 aromatic carbocycles. The maximum absolute atomic E-state index is 12.9. The molecule has 0 atom stereocenters. The van der Waals surface area contributed by atoms with Gasteiger partial charge in [0.05, 0.1) is 36.0 Å². The lowest BCUT2D eigenvalue weighted by molar-refractivity contribution is 0.0494. The van der Waals surface area contributed by atoms with Crippen molar-refractivity contribution in [3.05, 3.63) is 69.8 Å². The van der Waals surface area contributed by atoms with E-state index >= 15 is 0 Å². The molecule has 0 bridgehead atoms. The fourth-order valence-electron chi connectivity index (χ4n) is 2.63. The predicted molar refractivity (Wildman–Crippen MR) is 102 cm³/mol. The fraction of sp³-hybridized carbons (Fsp3) is 0.190. The molecule has 0 aliphatic rings. The summed E-state index contributed by atoms with van der Waals surface area (Å²) in [5.41, 5.74) is -1.37. The Kier molecular flexibility index (Phi) is 7.03. The number of carboxylic acids is 2. The smallest absolute Gasteiger partial charge is 0.339 e. The molecule has 0 amide bonds. The molecule has 2 aromatic rings. The first-order chi connectivity index (χ1) is 14.2. The number of benzene rings is 2. The fourth-order valence-corrected chi connectivity index (χ4v) is 2.63. The van der Waals surface area contributed by atoms with E-state index in [9.17, 15) is 34.2 Å². The highest BCUT2D eigenvalue weighted by Gasteiger charge is 2.23. The third-order valence-electron chi connectivity index (χ3n) is 4.09. The molecule has 0 aliphatic heterocycles. The van der Waals surface area contributed by atoms with Gasteiger partial charge >= 0.3 is 23.9 Å². The molecule has 2 rings (SSSR count). The van der Waals surface area contributed by atoms with Crippen molar-refractivity contribution in [2.75, 3.05) is 13.7 Å². The zero-order chi connectivity index (χ0) is 22.4. The molecule has 0 heterocycles. The monoisotopic (exact) mass is 414 g/mol. The van der Waals surface area contributed by atoms with Gasteiger partial charge in [-0.05, 0) is 30.7 Å². The number of carboxylic acid groups (broad SMARTS) is 2. The van der Waals surface area contributed by atoms with Gasteiger partial charge in [-0.25, -0.2) is 19.2 Å². The molecule has 0 aliphatic carbocycles. The van der Waals surface area contributed by atoms with Crippen molar-refractivity contribution in [2.24, 2.45) is 0 Å². The van der Waals surface area contributed by atoms with Gasteiger partial charge in [0.1, 0.15) is 0 Å². The summed E-state index contributed by atoms with van der Waals surface area (Å²) in [5.74, 6) is -5.22. The number of aromatic carboxylic acids is 2. The molecule has 0 aromatic heterocycles. The Bertz CT molecular complexity index is 1040. The van der Waals surface area contributed by atoms with Crippen LogP contribution < -0.4 is 0 Å². The molecule has 0 saturated heterocycles. The van der Waals surface area contributed by atoms with E-state index in [0.717, 1.165) is 31.4 Å². The number of hydrogen-bond donors (Lipinski definition) is 2. The van der Waals surface area contributed by atoms with Gasteiger partial charge in [0, 0.05) is 11.1 Å². The average Bonchev–Trinajstić information content (AvgIpc) is 2.75. The molecule has 9 nitrogen and oxygen atoms in total. The van der Waals surface area contributed by atoms with Crippen molar-refractivity contribution >= 4 is 29.7 Å². The highest BCUT2D eigenvalue weighted by atomic mass is 16.5. The maximum Gasteiger partial charge on any atom is 0.339 e. The second-order valence-electron chi connectivity index (χ2n) is 6.09. The number of rotatable bonds is 8. The molecular formula is C21H18O9. The normalized spacial score (nSPS) is 10.2. The van der Waals surface area contributed by atoms with Crippen LogP contribution in [0.4, 0.5) is 0 Å². The molecule has 9 heteroatoms. The van der Waals surface area contributed by atoms with Crippen LogP contribution in [0.2, 0.25) is 0 Å². The van der Waals surface area contributed by atoms with Gasteiger partial charge in [-0.2, -0.15) is 0 Å². The Labute approximate surface area is 170 Å². The Morgan fingerprint density at radius 1 is 0.767 bits per heavy atom. The van der Waals surface area contributed by atoms with Gasteiger partial charge in [0.25, 0.3) is 0 Å². The van der Waals surface area contributed by atoms with E-state index in [4.69, 9.17) is 4.74 Å². The summed E-state index contributed by atoms with van der Waals surface area (Å²) in [4.78, 5) is 59.7. The standard InChI is InChI=1S/C21H18O9/c1-3-8-30-21(28)16-10-12(5-7-14(16)19(25)26)17(22)11-4-6-13(18(23)24)15(9-11)20(27)29-2/h4-7,9-10H,3,8H2,1-2H3,(H,23,24)(H,25,26). The van der Waals surface area contributed by atoms with Gasteiger partial charge in [-0.15, -0.1) is 0 Å². The van der Waals surface area contributed by atoms with Gasteiger partial charge in [-0.3, -0.25) is 4.79 Å². The number of hydrogen-bond acceptors (Lipinski definition) is 7. The zero-order valence-corrected chi connectivity index (χ0v) is 16.1. The number of carbonyl (C=O) groups is 5. The minimum Gasteiger partial charge on any atom is -0.478 e. The number of carbonyl (C=O) groups excluding carboxylic acids is 3. The van der Waals surface area contributed by atoms with E-state index in [1.807, 2.05) is 0 Å². The summed E-state index contributed by atoms with van der Waals surface area (Å²) in [6.07, 6.45) is 0.527. The Morgan fingerprint density at radius 3 is 1.63 bits per heavy atom. The molecular weight excluding hydrogens is 396 g/mol. The Balaban J connectivity index is 2.53. The third-order valence-corrected chi connectivity index (χ3v) is 4.09. The number of esters is 2. The maximum atomic E-state index is 12.9. The average molecular weight is 414 g/mol. The molecule has 0 unspecified atom stereocenters. The second-order valence-corrected chi connectivity index (χ2v) is 6.09. The van der Waals surface area contributed by atoms with Gasteiger partial charge in [0.2, 0.25) is 0 Å². The van der Waals surface area contributed by atoms with Crippen molar-refractivity contribution in [1.29, 1.82) is 0 Å². The van der Waals surface area contributed by atoms with Crippen LogP contribution in [0.15, 0.2) is 36.4 Å². The molecule has 30 heavy (non-hydrogen) atoms. The topological polar surface area (TPSA) is 144 Å². The first-order valence-electron chi connectivity index (χ1n) is 8.76. The lowest BCUT2D eigenvalue weighted by Crippen LogP contribution is -2.15. The first-order valence-corrected chi connectivity index (χ1v) is 8.76. The van der Waals surface area contributed by atoms with Crippen LogP contribution in [0.5, 0.6) is 0 Å². The number of ketones is 1. The van der Waals surface area contributed by atoms with E-state index in [1.165, 1.54) is 12.1 Å². The summed E-state index contributed by atoms with van der Waals surface area (Å²) >= 11 is 0. The lowest BCUT2D eigenvalue weighted by atomic mass is 9.95. The van der Waals surface area contributed by atoms with Crippen molar-refractivity contribution in [1.82, 2.24) is 0 Å². The molecule has 0 saturated carbocycles. The largest absolute Gasteiger partial charge is 0.478 e. The molecule has 0 fully saturated rings. The van der Waals surface area contributed by atoms with Crippen LogP contribution in [0.25, 0.3) is 0 Å². The SMILES string of the molecule is CCCOC(=O)c1cc(C(=O)c2ccc(C(=O)O)c(C(=O)OC)c2)ccc1C(=O)O. The third kappa shape index (κ3) is 4.69. The number of ether oxygens (including phenoxy) is 2. The number of methoxy groups -OCH3 is 1. The summed E-state index contributed by atoms with van der Waals surface area (Å²) in [6, 6.07) is 6.77. The molecule has 2 N–H and O–H groups in total. The highest BCUT2D eigenvalue weighted by molar-refractivity contribution is 6.13. The summed E-state index contributed by atoms with van der Waals surface area (Å²) in [5, 5.41) is 18.5. The quantitative estimate of drug-likeness (QED) is 0.492. The van der Waals surface area contributed by atoms with E-state index in [1.54, 1.807) is 6.92 Å². The van der Waals surface area contributed by atoms with Crippen LogP contribution in [0.3, 0.4) is 0 Å². The van der Waals surface area contributed by atoms with Crippen LogP contribution >= 0.6 is 0 Å². The second kappa shape index (κ2) is 9.46. The highest BCUT2D eigenvalue weighted by Crippen LogP contribution is 2.20. The summed E-state index contributed by atoms with van der Waals surface area (Å²) in [7, 11) is 1.07.